The van der Waals surface area contributed by atoms with E-state index in [9.17, 15) is 9.59 Å². The zero-order chi connectivity index (χ0) is 18.6. The largest absolute Gasteiger partial charge is 0.455 e. The van der Waals surface area contributed by atoms with Crippen molar-refractivity contribution in [1.29, 1.82) is 0 Å². The van der Waals surface area contributed by atoms with Gasteiger partial charge >= 0.3 is 5.97 Å². The maximum atomic E-state index is 12.2. The van der Waals surface area contributed by atoms with Crippen LogP contribution in [0.4, 0.5) is 5.69 Å². The van der Waals surface area contributed by atoms with E-state index in [1.54, 1.807) is 18.2 Å². The fourth-order valence-corrected chi connectivity index (χ4v) is 3.68. The number of hydrogen-bond donors (Lipinski definition) is 1. The van der Waals surface area contributed by atoms with Crippen LogP contribution in [0.1, 0.15) is 46.5 Å². The minimum Gasteiger partial charge on any atom is -0.455 e. The molecule has 0 atom stereocenters. The van der Waals surface area contributed by atoms with Crippen molar-refractivity contribution in [3.8, 4) is 0 Å². The standard InChI is InChI=1S/C19H25Cl2NO3/c1-19(2,3)13-6-4-12(5-7-13)18(24)25-11-17(23)22-16-9-8-14(20)10-15(16)21/h8-10,12-13H,4-7,11H2,1-3H3,(H,22,23). The van der Waals surface area contributed by atoms with Crippen molar-refractivity contribution in [3.05, 3.63) is 28.2 Å². The molecule has 1 aliphatic rings. The Kier molecular flexibility index (Phi) is 6.75. The highest BCUT2D eigenvalue weighted by Gasteiger charge is 2.33. The molecular weight excluding hydrogens is 361 g/mol. The number of hydrogen-bond acceptors (Lipinski definition) is 3. The molecule has 0 bridgehead atoms. The number of esters is 1. The highest BCUT2D eigenvalue weighted by molar-refractivity contribution is 6.36. The van der Waals surface area contributed by atoms with Crippen LogP contribution in [0.3, 0.4) is 0 Å². The molecule has 4 nitrogen and oxygen atoms in total. The molecular formula is C19H25Cl2NO3. The third-order valence-electron chi connectivity index (χ3n) is 4.84. The molecule has 0 aliphatic heterocycles. The first-order valence-electron chi connectivity index (χ1n) is 8.58. The van der Waals surface area contributed by atoms with Crippen molar-refractivity contribution < 1.29 is 14.3 Å². The van der Waals surface area contributed by atoms with E-state index in [4.69, 9.17) is 27.9 Å². The van der Waals surface area contributed by atoms with Gasteiger partial charge in [0.15, 0.2) is 6.61 Å². The van der Waals surface area contributed by atoms with Gasteiger partial charge < -0.3 is 10.1 Å². The number of ether oxygens (including phenoxy) is 1. The van der Waals surface area contributed by atoms with Crippen LogP contribution in [0.15, 0.2) is 18.2 Å². The van der Waals surface area contributed by atoms with Gasteiger partial charge in [0.1, 0.15) is 0 Å². The maximum absolute atomic E-state index is 12.2. The average Bonchev–Trinajstić information content (AvgIpc) is 2.54. The van der Waals surface area contributed by atoms with E-state index in [2.05, 4.69) is 26.1 Å². The Hall–Kier alpha value is -1.26. The second kappa shape index (κ2) is 8.41. The molecule has 6 heteroatoms. The van der Waals surface area contributed by atoms with Gasteiger partial charge in [-0.2, -0.15) is 0 Å². The van der Waals surface area contributed by atoms with Crippen LogP contribution in [0.2, 0.25) is 10.0 Å². The van der Waals surface area contributed by atoms with E-state index in [1.807, 2.05) is 0 Å². The lowest BCUT2D eigenvalue weighted by Crippen LogP contribution is -2.31. The number of carbonyl (C=O) groups is 2. The summed E-state index contributed by atoms with van der Waals surface area (Å²) in [5, 5.41) is 3.44. The van der Waals surface area contributed by atoms with Crippen molar-refractivity contribution in [1.82, 2.24) is 0 Å². The van der Waals surface area contributed by atoms with Crippen LogP contribution in [0.25, 0.3) is 0 Å². The Balaban J connectivity index is 1.77. The van der Waals surface area contributed by atoms with Gasteiger partial charge in [-0.1, -0.05) is 44.0 Å². The molecule has 0 unspecified atom stereocenters. The lowest BCUT2D eigenvalue weighted by molar-refractivity contribution is -0.153. The first-order valence-corrected chi connectivity index (χ1v) is 9.34. The molecule has 0 saturated heterocycles. The fourth-order valence-electron chi connectivity index (χ4n) is 3.23. The molecule has 1 N–H and O–H groups in total. The van der Waals surface area contributed by atoms with E-state index in [0.29, 0.717) is 21.7 Å². The van der Waals surface area contributed by atoms with Crippen LogP contribution in [0.5, 0.6) is 0 Å². The number of nitrogens with one attached hydrogen (secondary N) is 1. The Morgan fingerprint density at radius 1 is 1.16 bits per heavy atom. The monoisotopic (exact) mass is 385 g/mol. The molecule has 1 aromatic carbocycles. The summed E-state index contributed by atoms with van der Waals surface area (Å²) in [5.74, 6) is -0.178. The first-order chi connectivity index (χ1) is 11.7. The number of benzene rings is 1. The van der Waals surface area contributed by atoms with Gasteiger partial charge in [-0.15, -0.1) is 0 Å². The number of rotatable bonds is 4. The molecule has 1 aromatic rings. The number of anilines is 1. The maximum Gasteiger partial charge on any atom is 0.309 e. The van der Waals surface area contributed by atoms with Gasteiger partial charge in [0.2, 0.25) is 0 Å². The predicted molar refractivity (Wildman–Crippen MR) is 101 cm³/mol. The van der Waals surface area contributed by atoms with Crippen molar-refractivity contribution in [2.75, 3.05) is 11.9 Å². The zero-order valence-corrected chi connectivity index (χ0v) is 16.4. The van der Waals surface area contributed by atoms with Gasteiger partial charge in [-0.25, -0.2) is 0 Å². The summed E-state index contributed by atoms with van der Waals surface area (Å²) >= 11 is 11.8. The van der Waals surface area contributed by atoms with Crippen molar-refractivity contribution in [2.24, 2.45) is 17.3 Å². The highest BCUT2D eigenvalue weighted by Crippen LogP contribution is 2.40. The minimum atomic E-state index is -0.416. The van der Waals surface area contributed by atoms with Crippen LogP contribution in [-0.4, -0.2) is 18.5 Å². The van der Waals surface area contributed by atoms with E-state index in [-0.39, 0.29) is 23.9 Å². The molecule has 1 aliphatic carbocycles. The Morgan fingerprint density at radius 3 is 2.36 bits per heavy atom. The highest BCUT2D eigenvalue weighted by atomic mass is 35.5. The molecule has 2 rings (SSSR count). The second-order valence-corrected chi connectivity index (χ2v) is 8.54. The SMILES string of the molecule is CC(C)(C)C1CCC(C(=O)OCC(=O)Nc2ccc(Cl)cc2Cl)CC1. The fraction of sp³-hybridized carbons (Fsp3) is 0.579. The normalized spacial score (nSPS) is 20.8. The summed E-state index contributed by atoms with van der Waals surface area (Å²) in [6.07, 6.45) is 3.70. The third-order valence-corrected chi connectivity index (χ3v) is 5.38. The third kappa shape index (κ3) is 5.89. The Bertz CT molecular complexity index is 632. The molecule has 138 valence electrons. The van der Waals surface area contributed by atoms with Crippen molar-refractivity contribution >= 4 is 40.8 Å². The summed E-state index contributed by atoms with van der Waals surface area (Å²) in [6, 6.07) is 4.78. The quantitative estimate of drug-likeness (QED) is 0.712. The smallest absolute Gasteiger partial charge is 0.309 e. The topological polar surface area (TPSA) is 55.4 Å². The lowest BCUT2D eigenvalue weighted by atomic mass is 9.70. The molecule has 0 aromatic heterocycles. The van der Waals surface area contributed by atoms with Gasteiger partial charge in [-0.3, -0.25) is 9.59 Å². The summed E-state index contributed by atoms with van der Waals surface area (Å²) in [5.41, 5.74) is 0.713. The van der Waals surface area contributed by atoms with E-state index < -0.39 is 5.91 Å². The number of halogens is 2. The number of carbonyl (C=O) groups excluding carboxylic acids is 2. The van der Waals surface area contributed by atoms with Crippen LogP contribution in [-0.2, 0) is 14.3 Å². The van der Waals surface area contributed by atoms with Crippen LogP contribution < -0.4 is 5.32 Å². The van der Waals surface area contributed by atoms with Gasteiger partial charge in [0.25, 0.3) is 5.91 Å². The van der Waals surface area contributed by atoms with Crippen LogP contribution >= 0.6 is 23.2 Å². The predicted octanol–water partition coefficient (Wildman–Crippen LogP) is 5.33. The van der Waals surface area contributed by atoms with Crippen LogP contribution in [0, 0.1) is 17.3 Å². The number of amides is 1. The van der Waals surface area contributed by atoms with E-state index >= 15 is 0 Å². The Labute approximate surface area is 159 Å². The van der Waals surface area contributed by atoms with Crippen molar-refractivity contribution in [3.63, 3.8) is 0 Å². The van der Waals surface area contributed by atoms with Gasteiger partial charge in [0.05, 0.1) is 16.6 Å². The summed E-state index contributed by atoms with van der Waals surface area (Å²) in [6.45, 7) is 6.41. The summed E-state index contributed by atoms with van der Waals surface area (Å²) < 4.78 is 5.18. The lowest BCUT2D eigenvalue weighted by Gasteiger charge is -2.36. The first kappa shape index (κ1) is 20.1. The molecule has 1 amide bonds. The van der Waals surface area contributed by atoms with E-state index in [1.165, 1.54) is 0 Å². The molecule has 1 fully saturated rings. The molecule has 1 saturated carbocycles. The summed E-state index contributed by atoms with van der Waals surface area (Å²) in [7, 11) is 0. The minimum absolute atomic E-state index is 0.106. The Morgan fingerprint density at radius 2 is 1.80 bits per heavy atom. The van der Waals surface area contributed by atoms with Gasteiger partial charge in [0, 0.05) is 5.02 Å². The molecule has 0 spiro atoms. The average molecular weight is 386 g/mol. The molecule has 0 radical (unpaired) electrons. The second-order valence-electron chi connectivity index (χ2n) is 7.69. The van der Waals surface area contributed by atoms with E-state index in [0.717, 1.165) is 25.7 Å². The van der Waals surface area contributed by atoms with Crippen molar-refractivity contribution in [2.45, 2.75) is 46.5 Å². The molecule has 0 heterocycles. The molecule has 25 heavy (non-hydrogen) atoms. The zero-order valence-electron chi connectivity index (χ0n) is 14.9. The van der Waals surface area contributed by atoms with Gasteiger partial charge in [-0.05, 0) is 55.2 Å². The summed E-state index contributed by atoms with van der Waals surface area (Å²) in [4.78, 5) is 24.1.